The lowest BCUT2D eigenvalue weighted by Gasteiger charge is -2.16. The van der Waals surface area contributed by atoms with Crippen molar-refractivity contribution in [3.63, 3.8) is 0 Å². The van der Waals surface area contributed by atoms with Gasteiger partial charge in [-0.15, -0.1) is 0 Å². The van der Waals surface area contributed by atoms with Crippen LogP contribution in [-0.4, -0.2) is 31.4 Å². The lowest BCUT2D eigenvalue weighted by atomic mass is 10.0. The van der Waals surface area contributed by atoms with Crippen molar-refractivity contribution >= 4 is 5.97 Å². The van der Waals surface area contributed by atoms with Crippen molar-refractivity contribution < 1.29 is 24.1 Å². The SMILES string of the molecule is C=C(C(=O)OCC)C(O)c1ccc(OCC)c(OC)c1. The van der Waals surface area contributed by atoms with E-state index in [-0.39, 0.29) is 12.2 Å². The van der Waals surface area contributed by atoms with Crippen LogP contribution < -0.4 is 9.47 Å². The quantitative estimate of drug-likeness (QED) is 0.613. The van der Waals surface area contributed by atoms with Gasteiger partial charge in [0.2, 0.25) is 0 Å². The number of hydrogen-bond acceptors (Lipinski definition) is 5. The molecule has 1 atom stereocenters. The molecule has 5 nitrogen and oxygen atoms in total. The largest absolute Gasteiger partial charge is 0.493 e. The molecule has 0 aliphatic rings. The zero-order valence-corrected chi connectivity index (χ0v) is 12.0. The van der Waals surface area contributed by atoms with Crippen molar-refractivity contribution in [2.24, 2.45) is 0 Å². The van der Waals surface area contributed by atoms with E-state index in [1.54, 1.807) is 25.1 Å². The zero-order chi connectivity index (χ0) is 15.1. The van der Waals surface area contributed by atoms with Crippen LogP contribution in [0.3, 0.4) is 0 Å². The van der Waals surface area contributed by atoms with Crippen LogP contribution in [0.5, 0.6) is 11.5 Å². The van der Waals surface area contributed by atoms with Crippen molar-refractivity contribution in [2.45, 2.75) is 20.0 Å². The predicted octanol–water partition coefficient (Wildman–Crippen LogP) is 2.25. The van der Waals surface area contributed by atoms with E-state index in [4.69, 9.17) is 14.2 Å². The fourth-order valence-corrected chi connectivity index (χ4v) is 1.67. The van der Waals surface area contributed by atoms with Crippen LogP contribution in [0.15, 0.2) is 30.4 Å². The summed E-state index contributed by atoms with van der Waals surface area (Å²) < 4.78 is 15.4. The van der Waals surface area contributed by atoms with Gasteiger partial charge in [0.05, 0.1) is 25.9 Å². The zero-order valence-electron chi connectivity index (χ0n) is 12.0. The molecule has 0 spiro atoms. The maximum atomic E-state index is 11.5. The topological polar surface area (TPSA) is 65.0 Å². The standard InChI is InChI=1S/C15H20O5/c1-5-19-12-8-7-11(9-13(12)18-4)14(16)10(3)15(17)20-6-2/h7-9,14,16H,3,5-6H2,1-2,4H3. The average molecular weight is 280 g/mol. The van der Waals surface area contributed by atoms with Gasteiger partial charge < -0.3 is 19.3 Å². The molecule has 0 saturated heterocycles. The molecule has 5 heteroatoms. The normalized spacial score (nSPS) is 11.6. The molecule has 0 fully saturated rings. The summed E-state index contributed by atoms with van der Waals surface area (Å²) >= 11 is 0. The van der Waals surface area contributed by atoms with Crippen molar-refractivity contribution in [1.82, 2.24) is 0 Å². The molecule has 1 unspecified atom stereocenters. The Bertz CT molecular complexity index is 481. The van der Waals surface area contributed by atoms with Gasteiger partial charge in [-0.25, -0.2) is 4.79 Å². The smallest absolute Gasteiger partial charge is 0.336 e. The van der Waals surface area contributed by atoms with Crippen LogP contribution in [0.2, 0.25) is 0 Å². The minimum absolute atomic E-state index is 0.0157. The van der Waals surface area contributed by atoms with Crippen molar-refractivity contribution in [3.8, 4) is 11.5 Å². The monoisotopic (exact) mass is 280 g/mol. The van der Waals surface area contributed by atoms with Gasteiger partial charge in [-0.2, -0.15) is 0 Å². The van der Waals surface area contributed by atoms with E-state index in [1.165, 1.54) is 7.11 Å². The molecule has 1 rings (SSSR count). The highest BCUT2D eigenvalue weighted by molar-refractivity contribution is 5.89. The second-order valence-electron chi connectivity index (χ2n) is 3.99. The van der Waals surface area contributed by atoms with Gasteiger partial charge in [0, 0.05) is 0 Å². The number of methoxy groups -OCH3 is 1. The summed E-state index contributed by atoms with van der Waals surface area (Å²) in [5.41, 5.74) is 0.474. The highest BCUT2D eigenvalue weighted by Gasteiger charge is 2.20. The number of aliphatic hydroxyl groups excluding tert-OH is 1. The number of carbonyl (C=O) groups excluding carboxylic acids is 1. The highest BCUT2D eigenvalue weighted by atomic mass is 16.5. The van der Waals surface area contributed by atoms with Crippen LogP contribution in [-0.2, 0) is 9.53 Å². The van der Waals surface area contributed by atoms with Gasteiger partial charge in [-0.1, -0.05) is 12.6 Å². The molecule has 0 amide bonds. The molecule has 20 heavy (non-hydrogen) atoms. The van der Waals surface area contributed by atoms with E-state index in [1.807, 2.05) is 6.92 Å². The summed E-state index contributed by atoms with van der Waals surface area (Å²) in [5.74, 6) is 0.445. The summed E-state index contributed by atoms with van der Waals surface area (Å²) in [6.45, 7) is 7.87. The van der Waals surface area contributed by atoms with Crippen molar-refractivity contribution in [1.29, 1.82) is 0 Å². The molecule has 0 aliphatic carbocycles. The Hall–Kier alpha value is -2.01. The van der Waals surface area contributed by atoms with Gasteiger partial charge >= 0.3 is 5.97 Å². The van der Waals surface area contributed by atoms with Gasteiger partial charge in [-0.3, -0.25) is 0 Å². The number of esters is 1. The molecular formula is C15H20O5. The first kappa shape index (κ1) is 16.0. The van der Waals surface area contributed by atoms with E-state index in [2.05, 4.69) is 6.58 Å². The fraction of sp³-hybridized carbons (Fsp3) is 0.400. The second kappa shape index (κ2) is 7.55. The summed E-state index contributed by atoms with van der Waals surface area (Å²) in [6.07, 6.45) is -1.14. The Morgan fingerprint density at radius 1 is 1.30 bits per heavy atom. The molecule has 0 aromatic heterocycles. The van der Waals surface area contributed by atoms with Gasteiger partial charge in [0.1, 0.15) is 6.10 Å². The molecule has 1 aromatic rings. The molecule has 1 N–H and O–H groups in total. The van der Waals surface area contributed by atoms with Gasteiger partial charge in [-0.05, 0) is 31.5 Å². The first-order valence-electron chi connectivity index (χ1n) is 6.39. The van der Waals surface area contributed by atoms with Crippen molar-refractivity contribution in [2.75, 3.05) is 20.3 Å². The summed E-state index contributed by atoms with van der Waals surface area (Å²) in [5, 5.41) is 10.1. The average Bonchev–Trinajstić information content (AvgIpc) is 2.46. The summed E-state index contributed by atoms with van der Waals surface area (Å²) in [4.78, 5) is 11.5. The Labute approximate surface area is 118 Å². The molecule has 0 aliphatic heterocycles. The van der Waals surface area contributed by atoms with E-state index in [0.29, 0.717) is 23.7 Å². The third-order valence-corrected chi connectivity index (χ3v) is 2.67. The number of carbonyl (C=O) groups is 1. The van der Waals surface area contributed by atoms with Crippen LogP contribution in [0.25, 0.3) is 0 Å². The number of hydrogen-bond donors (Lipinski definition) is 1. The van der Waals surface area contributed by atoms with E-state index in [0.717, 1.165) is 0 Å². The van der Waals surface area contributed by atoms with Crippen LogP contribution in [0.1, 0.15) is 25.5 Å². The lowest BCUT2D eigenvalue weighted by Crippen LogP contribution is -2.13. The second-order valence-corrected chi connectivity index (χ2v) is 3.99. The molecular weight excluding hydrogens is 260 g/mol. The number of benzene rings is 1. The molecule has 1 aromatic carbocycles. The first-order valence-corrected chi connectivity index (χ1v) is 6.39. The minimum Gasteiger partial charge on any atom is -0.493 e. The molecule has 0 heterocycles. The Morgan fingerprint density at radius 3 is 2.55 bits per heavy atom. The maximum absolute atomic E-state index is 11.5. The van der Waals surface area contributed by atoms with Gasteiger partial charge in [0.25, 0.3) is 0 Å². The Kier molecular flexibility index (Phi) is 6.06. The third kappa shape index (κ3) is 3.74. The van der Waals surface area contributed by atoms with Crippen LogP contribution >= 0.6 is 0 Å². The molecule has 0 saturated carbocycles. The number of rotatable bonds is 7. The minimum atomic E-state index is -1.14. The van der Waals surface area contributed by atoms with Crippen LogP contribution in [0, 0.1) is 0 Å². The maximum Gasteiger partial charge on any atom is 0.336 e. The highest BCUT2D eigenvalue weighted by Crippen LogP contribution is 2.32. The Morgan fingerprint density at radius 2 is 2.00 bits per heavy atom. The van der Waals surface area contributed by atoms with E-state index in [9.17, 15) is 9.90 Å². The van der Waals surface area contributed by atoms with E-state index < -0.39 is 12.1 Å². The predicted molar refractivity (Wildman–Crippen MR) is 74.9 cm³/mol. The van der Waals surface area contributed by atoms with Crippen LogP contribution in [0.4, 0.5) is 0 Å². The number of ether oxygens (including phenoxy) is 3. The van der Waals surface area contributed by atoms with E-state index >= 15 is 0 Å². The molecule has 110 valence electrons. The Balaban J connectivity index is 2.96. The summed E-state index contributed by atoms with van der Waals surface area (Å²) in [6, 6.07) is 4.95. The first-order chi connectivity index (χ1) is 9.54. The third-order valence-electron chi connectivity index (χ3n) is 2.67. The molecule has 0 bridgehead atoms. The lowest BCUT2D eigenvalue weighted by molar-refractivity contribution is -0.139. The molecule has 0 radical (unpaired) electrons. The number of aliphatic hydroxyl groups is 1. The summed E-state index contributed by atoms with van der Waals surface area (Å²) in [7, 11) is 1.51. The van der Waals surface area contributed by atoms with Gasteiger partial charge in [0.15, 0.2) is 11.5 Å². The fourth-order valence-electron chi connectivity index (χ4n) is 1.67. The van der Waals surface area contributed by atoms with Crippen molar-refractivity contribution in [3.05, 3.63) is 35.9 Å².